The molecule has 2 heterocycles. The number of halogens is 1. The first kappa shape index (κ1) is 18.1. The topological polar surface area (TPSA) is 103 Å². The highest BCUT2D eigenvalue weighted by molar-refractivity contribution is 7.99. The fourth-order valence-electron chi connectivity index (χ4n) is 3.09. The zero-order valence-electron chi connectivity index (χ0n) is 14.4. The van der Waals surface area contributed by atoms with Gasteiger partial charge in [-0.1, -0.05) is 0 Å². The number of thioether (sulfide) groups is 1. The molecule has 1 amide bonds. The van der Waals surface area contributed by atoms with Gasteiger partial charge in [-0.15, -0.1) is 11.8 Å². The predicted molar refractivity (Wildman–Crippen MR) is 100.0 cm³/mol. The molecule has 10 heteroatoms. The van der Waals surface area contributed by atoms with E-state index in [0.717, 1.165) is 16.2 Å². The SMILES string of the molecule is O=C(NC1CCSc2ccc(F)cc21)c1ccc(-n2cncn2)c([N+](=O)[O-])c1. The Hall–Kier alpha value is -3.27. The van der Waals surface area contributed by atoms with E-state index in [1.54, 1.807) is 17.8 Å². The van der Waals surface area contributed by atoms with Crippen LogP contribution in [0.15, 0.2) is 53.9 Å². The molecule has 1 aliphatic rings. The second-order valence-corrected chi connectivity index (χ2v) is 7.28. The Morgan fingerprint density at radius 1 is 1.32 bits per heavy atom. The Labute approximate surface area is 162 Å². The number of hydrogen-bond acceptors (Lipinski definition) is 6. The van der Waals surface area contributed by atoms with Crippen molar-refractivity contribution in [3.8, 4) is 5.69 Å². The molecule has 0 fully saturated rings. The van der Waals surface area contributed by atoms with Gasteiger partial charge in [0.1, 0.15) is 24.2 Å². The average molecular weight is 399 g/mol. The summed E-state index contributed by atoms with van der Waals surface area (Å²) >= 11 is 1.61. The lowest BCUT2D eigenvalue weighted by Crippen LogP contribution is -2.30. The van der Waals surface area contributed by atoms with Crippen LogP contribution in [0.25, 0.3) is 5.69 Å². The van der Waals surface area contributed by atoms with E-state index in [1.807, 2.05) is 0 Å². The van der Waals surface area contributed by atoms with Crippen molar-refractivity contribution in [3.05, 3.63) is 76.1 Å². The minimum Gasteiger partial charge on any atom is -0.345 e. The number of rotatable bonds is 4. The van der Waals surface area contributed by atoms with Crippen LogP contribution in [-0.4, -0.2) is 31.3 Å². The predicted octanol–water partition coefficient (Wildman–Crippen LogP) is 3.28. The number of carbonyl (C=O) groups is 1. The number of benzene rings is 2. The normalized spacial score (nSPS) is 15.7. The maximum absolute atomic E-state index is 13.6. The number of aromatic nitrogens is 3. The molecule has 3 aromatic rings. The van der Waals surface area contributed by atoms with E-state index in [-0.39, 0.29) is 28.8 Å². The summed E-state index contributed by atoms with van der Waals surface area (Å²) in [6.45, 7) is 0. The van der Waals surface area contributed by atoms with Crippen LogP contribution in [0, 0.1) is 15.9 Å². The van der Waals surface area contributed by atoms with Crippen molar-refractivity contribution in [2.75, 3.05) is 5.75 Å². The van der Waals surface area contributed by atoms with E-state index in [4.69, 9.17) is 0 Å². The summed E-state index contributed by atoms with van der Waals surface area (Å²) in [4.78, 5) is 28.3. The van der Waals surface area contributed by atoms with Gasteiger partial charge in [0.2, 0.25) is 0 Å². The van der Waals surface area contributed by atoms with E-state index >= 15 is 0 Å². The molecule has 1 unspecified atom stereocenters. The number of fused-ring (bicyclic) bond motifs is 1. The van der Waals surface area contributed by atoms with Gasteiger partial charge in [-0.05, 0) is 42.3 Å². The van der Waals surface area contributed by atoms with Gasteiger partial charge in [-0.25, -0.2) is 14.1 Å². The maximum atomic E-state index is 13.6. The molecule has 28 heavy (non-hydrogen) atoms. The van der Waals surface area contributed by atoms with Gasteiger partial charge < -0.3 is 5.32 Å². The number of hydrogen-bond donors (Lipinski definition) is 1. The fourth-order valence-corrected chi connectivity index (χ4v) is 4.20. The molecule has 0 bridgehead atoms. The Morgan fingerprint density at radius 2 is 2.18 bits per heavy atom. The monoisotopic (exact) mass is 399 g/mol. The molecule has 0 spiro atoms. The molecule has 2 aromatic carbocycles. The molecule has 8 nitrogen and oxygen atoms in total. The Bertz CT molecular complexity index is 1060. The molecule has 4 rings (SSSR count). The molecule has 0 saturated carbocycles. The van der Waals surface area contributed by atoms with Gasteiger partial charge in [-0.2, -0.15) is 5.10 Å². The molecular weight excluding hydrogens is 385 g/mol. The minimum absolute atomic E-state index is 0.145. The summed E-state index contributed by atoms with van der Waals surface area (Å²) in [5.41, 5.74) is 0.814. The van der Waals surface area contributed by atoms with Crippen molar-refractivity contribution in [1.29, 1.82) is 0 Å². The summed E-state index contributed by atoms with van der Waals surface area (Å²) in [6.07, 6.45) is 3.25. The van der Waals surface area contributed by atoms with Crippen molar-refractivity contribution < 1.29 is 14.1 Å². The summed E-state index contributed by atoms with van der Waals surface area (Å²) in [5.74, 6) is -0.0386. The third kappa shape index (κ3) is 3.46. The first-order chi connectivity index (χ1) is 13.5. The Balaban J connectivity index is 1.62. The van der Waals surface area contributed by atoms with Gasteiger partial charge in [-0.3, -0.25) is 14.9 Å². The zero-order valence-corrected chi connectivity index (χ0v) is 15.2. The highest BCUT2D eigenvalue weighted by Crippen LogP contribution is 2.36. The van der Waals surface area contributed by atoms with Gasteiger partial charge in [0.05, 0.1) is 11.0 Å². The summed E-state index contributed by atoms with van der Waals surface area (Å²) in [6, 6.07) is 8.30. The highest BCUT2D eigenvalue weighted by Gasteiger charge is 2.25. The third-order valence-electron chi connectivity index (χ3n) is 4.42. The van der Waals surface area contributed by atoms with Crippen molar-refractivity contribution in [1.82, 2.24) is 20.1 Å². The number of nitro benzene ring substituents is 1. The largest absolute Gasteiger partial charge is 0.345 e. The smallest absolute Gasteiger partial charge is 0.295 e. The van der Waals surface area contributed by atoms with E-state index in [0.29, 0.717) is 6.42 Å². The molecule has 0 aliphatic carbocycles. The lowest BCUT2D eigenvalue weighted by Gasteiger charge is -2.26. The summed E-state index contributed by atoms with van der Waals surface area (Å²) in [7, 11) is 0. The molecule has 0 saturated heterocycles. The van der Waals surface area contributed by atoms with Crippen molar-refractivity contribution in [3.63, 3.8) is 0 Å². The van der Waals surface area contributed by atoms with Crippen LogP contribution in [-0.2, 0) is 0 Å². The molecular formula is C18H14FN5O3S. The molecule has 1 N–H and O–H groups in total. The van der Waals surface area contributed by atoms with Crippen LogP contribution < -0.4 is 5.32 Å². The van der Waals surface area contributed by atoms with Gasteiger partial charge in [0.25, 0.3) is 11.6 Å². The van der Waals surface area contributed by atoms with Gasteiger partial charge >= 0.3 is 0 Å². The number of nitrogens with one attached hydrogen (secondary N) is 1. The first-order valence-electron chi connectivity index (χ1n) is 8.39. The minimum atomic E-state index is -0.574. The summed E-state index contributed by atoms with van der Waals surface area (Å²) in [5, 5.41) is 18.2. The molecule has 142 valence electrons. The Morgan fingerprint density at radius 3 is 2.93 bits per heavy atom. The lowest BCUT2D eigenvalue weighted by atomic mass is 10.0. The van der Waals surface area contributed by atoms with E-state index in [2.05, 4.69) is 15.4 Å². The van der Waals surface area contributed by atoms with Gasteiger partial charge in [0.15, 0.2) is 0 Å². The second kappa shape index (κ2) is 7.39. The number of nitrogens with zero attached hydrogens (tertiary/aromatic N) is 4. The van der Waals surface area contributed by atoms with Crippen LogP contribution in [0.1, 0.15) is 28.4 Å². The van der Waals surface area contributed by atoms with Crippen molar-refractivity contribution >= 4 is 23.4 Å². The number of carbonyl (C=O) groups excluding carboxylic acids is 1. The van der Waals surface area contributed by atoms with E-state index in [1.165, 1.54) is 47.7 Å². The quantitative estimate of drug-likeness (QED) is 0.533. The summed E-state index contributed by atoms with van der Waals surface area (Å²) < 4.78 is 14.9. The van der Waals surface area contributed by atoms with Crippen LogP contribution >= 0.6 is 11.8 Å². The standard InChI is InChI=1S/C18H14FN5O3S/c19-12-2-4-17-13(8-12)14(5-6-28-17)22-18(25)11-1-3-15(16(7-11)24(26)27)23-10-20-9-21-23/h1-4,7-10,14H,5-6H2,(H,22,25). The van der Waals surface area contributed by atoms with Crippen LogP contribution in [0.3, 0.4) is 0 Å². The number of nitro groups is 1. The average Bonchev–Trinajstić information content (AvgIpc) is 3.22. The highest BCUT2D eigenvalue weighted by atomic mass is 32.2. The Kier molecular flexibility index (Phi) is 4.78. The number of amides is 1. The van der Waals surface area contributed by atoms with Crippen molar-refractivity contribution in [2.24, 2.45) is 0 Å². The van der Waals surface area contributed by atoms with Crippen LogP contribution in [0.4, 0.5) is 10.1 Å². The maximum Gasteiger partial charge on any atom is 0.295 e. The second-order valence-electron chi connectivity index (χ2n) is 6.15. The molecule has 1 aromatic heterocycles. The van der Waals surface area contributed by atoms with Crippen LogP contribution in [0.2, 0.25) is 0 Å². The molecule has 1 atom stereocenters. The van der Waals surface area contributed by atoms with Crippen LogP contribution in [0.5, 0.6) is 0 Å². The van der Waals surface area contributed by atoms with Gasteiger partial charge in [0, 0.05) is 22.3 Å². The third-order valence-corrected chi connectivity index (χ3v) is 5.54. The van der Waals surface area contributed by atoms with Crippen molar-refractivity contribution in [2.45, 2.75) is 17.4 Å². The lowest BCUT2D eigenvalue weighted by molar-refractivity contribution is -0.384. The van der Waals surface area contributed by atoms with E-state index in [9.17, 15) is 19.3 Å². The molecule has 0 radical (unpaired) electrons. The zero-order chi connectivity index (χ0) is 19.7. The molecule has 1 aliphatic heterocycles. The fraction of sp³-hybridized carbons (Fsp3) is 0.167. The van der Waals surface area contributed by atoms with E-state index < -0.39 is 10.8 Å². The first-order valence-corrected chi connectivity index (χ1v) is 9.38.